The number of hydrogen-bond donors (Lipinski definition) is 3. The van der Waals surface area contributed by atoms with E-state index in [4.69, 9.17) is 5.73 Å². The Balaban J connectivity index is 2.38. The van der Waals surface area contributed by atoms with Gasteiger partial charge < -0.3 is 11.0 Å². The van der Waals surface area contributed by atoms with E-state index >= 15 is 0 Å². The average Bonchev–Trinajstić information content (AvgIpc) is 2.26. The number of nitrogens with two attached hydrogens (primary N) is 1. The first-order valence-corrected chi connectivity index (χ1v) is 4.92. The van der Waals surface area contributed by atoms with Crippen molar-refractivity contribution < 1.29 is 4.79 Å². The first-order chi connectivity index (χ1) is 6.74. The van der Waals surface area contributed by atoms with Gasteiger partial charge in [-0.05, 0) is 0 Å². The fourth-order valence-electron chi connectivity index (χ4n) is 0.894. The van der Waals surface area contributed by atoms with Crippen LogP contribution < -0.4 is 16.4 Å². The number of carbonyl (C=O) groups is 1. The highest BCUT2D eigenvalue weighted by molar-refractivity contribution is 7.80. The predicted octanol–water partition coefficient (Wildman–Crippen LogP) is -0.696. The zero-order chi connectivity index (χ0) is 10.4. The van der Waals surface area contributed by atoms with Crippen molar-refractivity contribution in [3.8, 4) is 0 Å². The Morgan fingerprint density at radius 3 is 2.71 bits per heavy atom. The minimum absolute atomic E-state index is 0.219. The minimum atomic E-state index is -0.557. The van der Waals surface area contributed by atoms with Gasteiger partial charge >= 0.3 is 0 Å². The van der Waals surface area contributed by atoms with Crippen molar-refractivity contribution in [1.29, 1.82) is 0 Å². The maximum absolute atomic E-state index is 11.2. The van der Waals surface area contributed by atoms with Gasteiger partial charge in [0.05, 0.1) is 6.04 Å². The fraction of sp³-hybridized carbons (Fsp3) is 0.222. The lowest BCUT2D eigenvalue weighted by molar-refractivity contribution is -0.120. The number of rotatable bonds is 4. The predicted molar refractivity (Wildman–Crippen MR) is 61.8 cm³/mol. The van der Waals surface area contributed by atoms with Crippen molar-refractivity contribution in [2.24, 2.45) is 5.73 Å². The molecule has 3 N–H and O–H groups in total. The number of thiol groups is 1. The summed E-state index contributed by atoms with van der Waals surface area (Å²) in [5.41, 5.74) is 6.41. The van der Waals surface area contributed by atoms with E-state index in [-0.39, 0.29) is 5.91 Å². The summed E-state index contributed by atoms with van der Waals surface area (Å²) in [7, 11) is 1.63. The summed E-state index contributed by atoms with van der Waals surface area (Å²) in [5.74, 6) is 0.123. The molecule has 1 amide bonds. The van der Waals surface area contributed by atoms with Crippen LogP contribution in [0.25, 0.3) is 0 Å². The van der Waals surface area contributed by atoms with Crippen LogP contribution in [0.2, 0.25) is 0 Å². The SMILES string of the molecule is N[C@H](CS)C(=O)N[B]c1ccccc1. The molecule has 14 heavy (non-hydrogen) atoms. The quantitative estimate of drug-likeness (QED) is 0.452. The van der Waals surface area contributed by atoms with Crippen molar-refractivity contribution >= 4 is 31.4 Å². The summed E-state index contributed by atoms with van der Waals surface area (Å²) < 4.78 is 0. The van der Waals surface area contributed by atoms with Crippen LogP contribution in [-0.4, -0.2) is 25.1 Å². The molecule has 1 radical (unpaired) electrons. The maximum Gasteiger partial charge on any atom is 0.284 e. The van der Waals surface area contributed by atoms with Gasteiger partial charge in [0.1, 0.15) is 0 Å². The van der Waals surface area contributed by atoms with Crippen LogP contribution in [0.3, 0.4) is 0 Å². The largest absolute Gasteiger partial charge is 0.397 e. The number of hydrogen-bond acceptors (Lipinski definition) is 3. The summed E-state index contributed by atoms with van der Waals surface area (Å²) in [5, 5.41) is 2.61. The lowest BCUT2D eigenvalue weighted by atomic mass is 9.83. The van der Waals surface area contributed by atoms with Crippen LogP contribution >= 0.6 is 12.6 Å². The van der Waals surface area contributed by atoms with E-state index in [9.17, 15) is 4.79 Å². The Morgan fingerprint density at radius 2 is 2.14 bits per heavy atom. The molecule has 1 aromatic carbocycles. The van der Waals surface area contributed by atoms with Gasteiger partial charge in [0.25, 0.3) is 7.41 Å². The Labute approximate surface area is 89.7 Å². The van der Waals surface area contributed by atoms with Gasteiger partial charge in [0, 0.05) is 5.75 Å². The normalized spacial score (nSPS) is 11.9. The maximum atomic E-state index is 11.2. The van der Waals surface area contributed by atoms with Gasteiger partial charge in [-0.25, -0.2) is 0 Å². The third kappa shape index (κ3) is 3.43. The average molecular weight is 207 g/mol. The minimum Gasteiger partial charge on any atom is -0.397 e. The van der Waals surface area contributed by atoms with Crippen LogP contribution in [0.5, 0.6) is 0 Å². The molecule has 0 aliphatic carbocycles. The zero-order valence-corrected chi connectivity index (χ0v) is 8.58. The second kappa shape index (κ2) is 5.72. The second-order valence-electron chi connectivity index (χ2n) is 2.85. The molecule has 0 aliphatic rings. The summed E-state index contributed by atoms with van der Waals surface area (Å²) in [6.07, 6.45) is 0. The topological polar surface area (TPSA) is 55.1 Å². The molecule has 0 aliphatic heterocycles. The van der Waals surface area contributed by atoms with E-state index in [1.54, 1.807) is 7.41 Å². The Bertz CT molecular complexity index is 294. The first kappa shape index (κ1) is 11.1. The fourth-order valence-corrected chi connectivity index (χ4v) is 1.06. The van der Waals surface area contributed by atoms with E-state index in [0.717, 1.165) is 5.46 Å². The Hall–Kier alpha value is -0.935. The molecule has 0 unspecified atom stereocenters. The Kier molecular flexibility index (Phi) is 4.55. The van der Waals surface area contributed by atoms with E-state index < -0.39 is 6.04 Å². The van der Waals surface area contributed by atoms with Gasteiger partial charge in [-0.1, -0.05) is 35.8 Å². The zero-order valence-electron chi connectivity index (χ0n) is 7.68. The van der Waals surface area contributed by atoms with Crippen LogP contribution in [0.1, 0.15) is 0 Å². The van der Waals surface area contributed by atoms with E-state index in [2.05, 4.69) is 17.9 Å². The molecule has 1 rings (SSSR count). The van der Waals surface area contributed by atoms with Crippen molar-refractivity contribution in [2.45, 2.75) is 6.04 Å². The summed E-state index contributed by atoms with van der Waals surface area (Å²) in [4.78, 5) is 11.2. The van der Waals surface area contributed by atoms with Gasteiger partial charge in [0.15, 0.2) is 0 Å². The molecular weight excluding hydrogens is 195 g/mol. The third-order valence-corrected chi connectivity index (χ3v) is 2.11. The molecule has 1 aromatic rings. The van der Waals surface area contributed by atoms with E-state index in [1.165, 1.54) is 0 Å². The molecule has 0 aromatic heterocycles. The molecular formula is C9H12BN2OS. The molecule has 5 heteroatoms. The van der Waals surface area contributed by atoms with Gasteiger partial charge in [-0.2, -0.15) is 12.6 Å². The number of nitrogens with one attached hydrogen (secondary N) is 1. The third-order valence-electron chi connectivity index (χ3n) is 1.71. The highest BCUT2D eigenvalue weighted by Crippen LogP contribution is 1.83. The van der Waals surface area contributed by atoms with Crippen molar-refractivity contribution in [1.82, 2.24) is 5.23 Å². The monoisotopic (exact) mass is 207 g/mol. The molecule has 0 bridgehead atoms. The molecule has 0 spiro atoms. The number of benzene rings is 1. The summed E-state index contributed by atoms with van der Waals surface area (Å²) in [6.45, 7) is 0. The van der Waals surface area contributed by atoms with Crippen molar-refractivity contribution in [3.05, 3.63) is 30.3 Å². The smallest absolute Gasteiger partial charge is 0.284 e. The van der Waals surface area contributed by atoms with Gasteiger partial charge in [0.2, 0.25) is 5.91 Å². The number of amides is 1. The highest BCUT2D eigenvalue weighted by Gasteiger charge is 2.10. The van der Waals surface area contributed by atoms with Crippen LogP contribution in [-0.2, 0) is 4.79 Å². The molecule has 73 valence electrons. The number of carbonyl (C=O) groups excluding carboxylic acids is 1. The van der Waals surface area contributed by atoms with E-state index in [0.29, 0.717) is 5.75 Å². The first-order valence-electron chi connectivity index (χ1n) is 4.29. The second-order valence-corrected chi connectivity index (χ2v) is 3.22. The lowest BCUT2D eigenvalue weighted by Crippen LogP contribution is -2.46. The van der Waals surface area contributed by atoms with Gasteiger partial charge in [-0.15, -0.1) is 0 Å². The van der Waals surface area contributed by atoms with Crippen LogP contribution in [0.15, 0.2) is 30.3 Å². The molecule has 0 fully saturated rings. The van der Waals surface area contributed by atoms with Crippen molar-refractivity contribution in [2.75, 3.05) is 5.75 Å². The van der Waals surface area contributed by atoms with Gasteiger partial charge in [-0.3, -0.25) is 4.79 Å². The Morgan fingerprint density at radius 1 is 1.50 bits per heavy atom. The molecule has 3 nitrogen and oxygen atoms in total. The summed E-state index contributed by atoms with van der Waals surface area (Å²) in [6, 6.07) is 8.95. The molecule has 0 saturated heterocycles. The van der Waals surface area contributed by atoms with Crippen molar-refractivity contribution in [3.63, 3.8) is 0 Å². The lowest BCUT2D eigenvalue weighted by Gasteiger charge is -2.08. The van der Waals surface area contributed by atoms with Crippen LogP contribution in [0.4, 0.5) is 0 Å². The standard InChI is InChI=1S/C9H12BN2OS/c11-8(6-14)9(13)12-10-7-4-2-1-3-5-7/h1-5,8,14H,6,11H2,(H,12,13)/t8-/m1/s1. The summed E-state index contributed by atoms with van der Waals surface area (Å²) >= 11 is 3.94. The highest BCUT2D eigenvalue weighted by atomic mass is 32.1. The van der Waals surface area contributed by atoms with Crippen LogP contribution in [0, 0.1) is 0 Å². The molecule has 1 atom stereocenters. The van der Waals surface area contributed by atoms with E-state index in [1.807, 2.05) is 30.3 Å². The molecule has 0 heterocycles. The molecule has 0 saturated carbocycles.